The standard InChI is InChI=1S/C15H16F3NO/c1-11(9-13-6-4-8-20-13)19-10-12-5-2-3-7-14(12)15(16,17)18/h2-8,11,19H,9-10H2,1H3. The minimum atomic E-state index is -4.32. The van der Waals surface area contributed by atoms with Gasteiger partial charge in [0, 0.05) is 19.0 Å². The first-order valence-corrected chi connectivity index (χ1v) is 6.37. The third-order valence-electron chi connectivity index (χ3n) is 3.05. The Morgan fingerprint density at radius 3 is 2.55 bits per heavy atom. The molecule has 1 N–H and O–H groups in total. The number of halogens is 3. The Kier molecular flexibility index (Phi) is 4.49. The molecule has 2 nitrogen and oxygen atoms in total. The van der Waals surface area contributed by atoms with Crippen molar-refractivity contribution < 1.29 is 17.6 Å². The molecule has 1 heterocycles. The van der Waals surface area contributed by atoms with Gasteiger partial charge in [-0.2, -0.15) is 13.2 Å². The molecule has 1 aromatic heterocycles. The number of furan rings is 1. The predicted octanol–water partition coefficient (Wildman–Crippen LogP) is 4.02. The van der Waals surface area contributed by atoms with Crippen LogP contribution in [0.5, 0.6) is 0 Å². The summed E-state index contributed by atoms with van der Waals surface area (Å²) >= 11 is 0. The fraction of sp³-hybridized carbons (Fsp3) is 0.333. The van der Waals surface area contributed by atoms with Crippen LogP contribution in [0.4, 0.5) is 13.2 Å². The van der Waals surface area contributed by atoms with Gasteiger partial charge < -0.3 is 9.73 Å². The minimum absolute atomic E-state index is 0.0300. The van der Waals surface area contributed by atoms with E-state index in [0.29, 0.717) is 6.42 Å². The minimum Gasteiger partial charge on any atom is -0.469 e. The van der Waals surface area contributed by atoms with Crippen molar-refractivity contribution in [2.24, 2.45) is 0 Å². The van der Waals surface area contributed by atoms with Crippen molar-refractivity contribution in [1.29, 1.82) is 0 Å². The van der Waals surface area contributed by atoms with Gasteiger partial charge in [0.2, 0.25) is 0 Å². The van der Waals surface area contributed by atoms with E-state index in [2.05, 4.69) is 5.32 Å². The summed E-state index contributed by atoms with van der Waals surface area (Å²) in [5.41, 5.74) is -0.330. The zero-order chi connectivity index (χ0) is 14.6. The highest BCUT2D eigenvalue weighted by Gasteiger charge is 2.32. The summed E-state index contributed by atoms with van der Waals surface area (Å²) < 4.78 is 43.7. The molecule has 0 saturated carbocycles. The van der Waals surface area contributed by atoms with Crippen molar-refractivity contribution in [3.8, 4) is 0 Å². The van der Waals surface area contributed by atoms with E-state index in [9.17, 15) is 13.2 Å². The lowest BCUT2D eigenvalue weighted by atomic mass is 10.1. The molecule has 1 unspecified atom stereocenters. The Bertz CT molecular complexity index is 534. The molecule has 0 amide bonds. The number of hydrogen-bond donors (Lipinski definition) is 1. The van der Waals surface area contributed by atoms with Crippen LogP contribution in [0.15, 0.2) is 47.1 Å². The molecule has 0 saturated heterocycles. The summed E-state index contributed by atoms with van der Waals surface area (Å²) in [6, 6.07) is 9.29. The molecular weight excluding hydrogens is 267 g/mol. The molecule has 0 aliphatic carbocycles. The molecule has 0 spiro atoms. The van der Waals surface area contributed by atoms with Gasteiger partial charge in [-0.1, -0.05) is 18.2 Å². The van der Waals surface area contributed by atoms with E-state index in [1.807, 2.05) is 13.0 Å². The number of benzene rings is 1. The second-order valence-corrected chi connectivity index (χ2v) is 4.72. The van der Waals surface area contributed by atoms with Gasteiger partial charge in [-0.05, 0) is 30.7 Å². The average Bonchev–Trinajstić information content (AvgIpc) is 2.88. The Morgan fingerprint density at radius 1 is 1.15 bits per heavy atom. The van der Waals surface area contributed by atoms with E-state index in [0.717, 1.165) is 11.8 Å². The van der Waals surface area contributed by atoms with Crippen molar-refractivity contribution in [2.45, 2.75) is 32.1 Å². The largest absolute Gasteiger partial charge is 0.469 e. The lowest BCUT2D eigenvalue weighted by Crippen LogP contribution is -2.28. The topological polar surface area (TPSA) is 25.2 Å². The van der Waals surface area contributed by atoms with Crippen LogP contribution >= 0.6 is 0 Å². The highest BCUT2D eigenvalue weighted by atomic mass is 19.4. The zero-order valence-corrected chi connectivity index (χ0v) is 11.1. The molecule has 1 atom stereocenters. The maximum absolute atomic E-state index is 12.8. The van der Waals surface area contributed by atoms with Crippen LogP contribution in [-0.2, 0) is 19.1 Å². The summed E-state index contributed by atoms with van der Waals surface area (Å²) in [7, 11) is 0. The van der Waals surface area contributed by atoms with Crippen molar-refractivity contribution in [3.63, 3.8) is 0 Å². The van der Waals surface area contributed by atoms with Crippen LogP contribution in [0.2, 0.25) is 0 Å². The van der Waals surface area contributed by atoms with Crippen LogP contribution in [0, 0.1) is 0 Å². The molecule has 5 heteroatoms. The van der Waals surface area contributed by atoms with Gasteiger partial charge in [0.15, 0.2) is 0 Å². The molecule has 108 valence electrons. The van der Waals surface area contributed by atoms with Crippen molar-refractivity contribution in [1.82, 2.24) is 5.32 Å². The van der Waals surface area contributed by atoms with E-state index < -0.39 is 11.7 Å². The van der Waals surface area contributed by atoms with Crippen molar-refractivity contribution in [2.75, 3.05) is 0 Å². The molecule has 20 heavy (non-hydrogen) atoms. The first kappa shape index (κ1) is 14.7. The van der Waals surface area contributed by atoms with E-state index in [4.69, 9.17) is 4.42 Å². The molecule has 2 rings (SSSR count). The van der Waals surface area contributed by atoms with E-state index in [1.54, 1.807) is 18.4 Å². The highest BCUT2D eigenvalue weighted by molar-refractivity contribution is 5.29. The van der Waals surface area contributed by atoms with Gasteiger partial charge in [0.05, 0.1) is 11.8 Å². The third kappa shape index (κ3) is 3.87. The molecule has 0 aliphatic heterocycles. The third-order valence-corrected chi connectivity index (χ3v) is 3.05. The molecule has 0 radical (unpaired) electrons. The van der Waals surface area contributed by atoms with Crippen LogP contribution < -0.4 is 5.32 Å². The first-order valence-electron chi connectivity index (χ1n) is 6.37. The van der Waals surface area contributed by atoms with Crippen molar-refractivity contribution >= 4 is 0 Å². The van der Waals surface area contributed by atoms with Gasteiger partial charge in [-0.25, -0.2) is 0 Å². The second-order valence-electron chi connectivity index (χ2n) is 4.72. The van der Waals surface area contributed by atoms with Crippen molar-refractivity contribution in [3.05, 3.63) is 59.5 Å². The molecule has 0 fully saturated rings. The fourth-order valence-corrected chi connectivity index (χ4v) is 2.04. The summed E-state index contributed by atoms with van der Waals surface area (Å²) in [5, 5.41) is 3.09. The maximum Gasteiger partial charge on any atom is 0.416 e. The Labute approximate surface area is 115 Å². The van der Waals surface area contributed by atoms with Crippen LogP contribution in [-0.4, -0.2) is 6.04 Å². The number of rotatable bonds is 5. The summed E-state index contributed by atoms with van der Waals surface area (Å²) in [4.78, 5) is 0. The Hall–Kier alpha value is -1.75. The monoisotopic (exact) mass is 283 g/mol. The molecular formula is C15H16F3NO. The van der Waals surface area contributed by atoms with Gasteiger partial charge in [0.1, 0.15) is 5.76 Å². The van der Waals surface area contributed by atoms with Gasteiger partial charge in [-0.3, -0.25) is 0 Å². The number of alkyl halides is 3. The molecule has 1 aromatic carbocycles. The Balaban J connectivity index is 1.97. The van der Waals surface area contributed by atoms with E-state index >= 15 is 0 Å². The molecule has 0 bridgehead atoms. The zero-order valence-electron chi connectivity index (χ0n) is 11.1. The summed E-state index contributed by atoms with van der Waals surface area (Å²) in [5.74, 6) is 0.814. The maximum atomic E-state index is 12.8. The second kappa shape index (κ2) is 6.13. The van der Waals surface area contributed by atoms with Crippen LogP contribution in [0.25, 0.3) is 0 Å². The summed E-state index contributed by atoms with van der Waals surface area (Å²) in [6.45, 7) is 2.09. The smallest absolute Gasteiger partial charge is 0.416 e. The Morgan fingerprint density at radius 2 is 1.90 bits per heavy atom. The van der Waals surface area contributed by atoms with Gasteiger partial charge in [-0.15, -0.1) is 0 Å². The average molecular weight is 283 g/mol. The highest BCUT2D eigenvalue weighted by Crippen LogP contribution is 2.31. The van der Waals surface area contributed by atoms with Gasteiger partial charge in [0.25, 0.3) is 0 Å². The summed E-state index contributed by atoms with van der Waals surface area (Å²) in [6.07, 6.45) is -2.09. The van der Waals surface area contributed by atoms with E-state index in [-0.39, 0.29) is 18.2 Å². The van der Waals surface area contributed by atoms with Crippen LogP contribution in [0.1, 0.15) is 23.8 Å². The predicted molar refractivity (Wildman–Crippen MR) is 70.2 cm³/mol. The molecule has 2 aromatic rings. The first-order chi connectivity index (χ1) is 9.47. The molecule has 0 aliphatic rings. The van der Waals surface area contributed by atoms with E-state index in [1.165, 1.54) is 12.1 Å². The number of hydrogen-bond acceptors (Lipinski definition) is 2. The number of nitrogens with one attached hydrogen (secondary N) is 1. The lowest BCUT2D eigenvalue weighted by molar-refractivity contribution is -0.138. The lowest BCUT2D eigenvalue weighted by Gasteiger charge is -2.16. The van der Waals surface area contributed by atoms with Crippen LogP contribution in [0.3, 0.4) is 0 Å². The normalized spacial score (nSPS) is 13.4. The fourth-order valence-electron chi connectivity index (χ4n) is 2.04. The SMILES string of the molecule is CC(Cc1ccco1)NCc1ccccc1C(F)(F)F. The van der Waals surface area contributed by atoms with Gasteiger partial charge >= 0.3 is 6.18 Å². The quantitative estimate of drug-likeness (QED) is 0.896.